The van der Waals surface area contributed by atoms with E-state index in [0.29, 0.717) is 6.42 Å². The molecule has 0 spiro atoms. The van der Waals surface area contributed by atoms with E-state index in [2.05, 4.69) is 4.98 Å². The number of aromatic nitrogens is 1. The summed E-state index contributed by atoms with van der Waals surface area (Å²) in [6.45, 7) is 4.01. The molecule has 1 aromatic carbocycles. The average Bonchev–Trinajstić information content (AvgIpc) is 3.27. The lowest BCUT2D eigenvalue weighted by atomic mass is 10.1. The summed E-state index contributed by atoms with van der Waals surface area (Å²) in [6.07, 6.45) is 1.35. The highest BCUT2D eigenvalue weighted by atomic mass is 32.2. The fourth-order valence-electron chi connectivity index (χ4n) is 3.26. The second-order valence-corrected chi connectivity index (χ2v) is 11.1. The molecule has 27 heavy (non-hydrogen) atoms. The molecular formula is C19H24N2O3S3. The zero-order valence-electron chi connectivity index (χ0n) is 15.5. The maximum atomic E-state index is 12.9. The number of nitrogens with zero attached hydrogens (tertiary/aromatic N) is 2. The first-order chi connectivity index (χ1) is 12.9. The number of benzene rings is 1. The number of rotatable bonds is 7. The van der Waals surface area contributed by atoms with Gasteiger partial charge in [-0.2, -0.15) is 0 Å². The SMILES string of the molecule is CC[C@H](C)N(C(=O)CSc1nc(-c2ccccc2)cs1)[C@@H]1CCS(=O)(=O)C1. The second kappa shape index (κ2) is 8.75. The maximum absolute atomic E-state index is 12.9. The lowest BCUT2D eigenvalue weighted by molar-refractivity contribution is -0.132. The van der Waals surface area contributed by atoms with Crippen molar-refractivity contribution in [2.24, 2.45) is 0 Å². The Morgan fingerprint density at radius 1 is 1.37 bits per heavy atom. The van der Waals surface area contributed by atoms with Crippen molar-refractivity contribution >= 4 is 38.8 Å². The van der Waals surface area contributed by atoms with E-state index in [4.69, 9.17) is 0 Å². The second-order valence-electron chi connectivity index (χ2n) is 6.77. The molecule has 0 N–H and O–H groups in total. The Hall–Kier alpha value is -1.38. The van der Waals surface area contributed by atoms with Crippen LogP contribution in [-0.4, -0.2) is 53.6 Å². The van der Waals surface area contributed by atoms with Gasteiger partial charge in [-0.05, 0) is 19.8 Å². The smallest absolute Gasteiger partial charge is 0.233 e. The van der Waals surface area contributed by atoms with Gasteiger partial charge in [-0.15, -0.1) is 11.3 Å². The molecule has 1 fully saturated rings. The van der Waals surface area contributed by atoms with Gasteiger partial charge in [0, 0.05) is 23.0 Å². The predicted molar refractivity (Wildman–Crippen MR) is 112 cm³/mol. The summed E-state index contributed by atoms with van der Waals surface area (Å²) in [5.41, 5.74) is 1.97. The van der Waals surface area contributed by atoms with Gasteiger partial charge >= 0.3 is 0 Å². The molecule has 5 nitrogen and oxygen atoms in total. The zero-order valence-corrected chi connectivity index (χ0v) is 17.9. The van der Waals surface area contributed by atoms with Crippen molar-refractivity contribution in [2.75, 3.05) is 17.3 Å². The number of sulfone groups is 1. The minimum absolute atomic E-state index is 0.00656. The molecule has 0 saturated carbocycles. The quantitative estimate of drug-likeness (QED) is 0.634. The standard InChI is InChI=1S/C19H24N2O3S3/c1-3-14(2)21(16-9-10-27(23,24)13-16)18(22)12-26-19-20-17(11-25-19)15-7-5-4-6-8-15/h4-8,11,14,16H,3,9-10,12-13H2,1-2H3/t14-,16+/m0/s1. The van der Waals surface area contributed by atoms with Crippen molar-refractivity contribution in [3.8, 4) is 11.3 Å². The summed E-state index contributed by atoms with van der Waals surface area (Å²) >= 11 is 2.96. The van der Waals surface area contributed by atoms with Crippen LogP contribution in [0, 0.1) is 0 Å². The van der Waals surface area contributed by atoms with Crippen LogP contribution in [0.15, 0.2) is 40.1 Å². The van der Waals surface area contributed by atoms with Gasteiger partial charge in [0.1, 0.15) is 0 Å². The fraction of sp³-hybridized carbons (Fsp3) is 0.474. The number of thiazole rings is 1. The van der Waals surface area contributed by atoms with Crippen molar-refractivity contribution in [2.45, 2.75) is 43.1 Å². The lowest BCUT2D eigenvalue weighted by Crippen LogP contribution is -2.47. The third kappa shape index (κ3) is 5.12. The highest BCUT2D eigenvalue weighted by Gasteiger charge is 2.36. The first-order valence-corrected chi connectivity index (χ1v) is 12.7. The van der Waals surface area contributed by atoms with Gasteiger partial charge < -0.3 is 4.90 Å². The third-order valence-electron chi connectivity index (χ3n) is 4.83. The van der Waals surface area contributed by atoms with E-state index in [0.717, 1.165) is 22.0 Å². The van der Waals surface area contributed by atoms with Crippen molar-refractivity contribution in [1.82, 2.24) is 9.88 Å². The Kier molecular flexibility index (Phi) is 6.60. The number of hydrogen-bond donors (Lipinski definition) is 0. The van der Waals surface area contributed by atoms with Crippen molar-refractivity contribution < 1.29 is 13.2 Å². The van der Waals surface area contributed by atoms with Crippen LogP contribution in [0.4, 0.5) is 0 Å². The fourth-order valence-corrected chi connectivity index (χ4v) is 6.68. The Morgan fingerprint density at radius 2 is 2.11 bits per heavy atom. The highest BCUT2D eigenvalue weighted by molar-refractivity contribution is 8.01. The molecular weight excluding hydrogens is 400 g/mol. The molecule has 8 heteroatoms. The third-order valence-corrected chi connectivity index (χ3v) is 8.58. The van der Waals surface area contributed by atoms with Gasteiger partial charge in [-0.1, -0.05) is 49.0 Å². The van der Waals surface area contributed by atoms with Crippen LogP contribution in [-0.2, 0) is 14.6 Å². The van der Waals surface area contributed by atoms with Crippen LogP contribution in [0.25, 0.3) is 11.3 Å². The summed E-state index contributed by atoms with van der Waals surface area (Å²) in [7, 11) is -3.02. The van der Waals surface area contributed by atoms with Gasteiger partial charge in [0.05, 0.1) is 23.0 Å². The molecule has 0 radical (unpaired) electrons. The number of hydrogen-bond acceptors (Lipinski definition) is 6. The average molecular weight is 425 g/mol. The van der Waals surface area contributed by atoms with E-state index in [-0.39, 0.29) is 35.2 Å². The molecule has 0 unspecified atom stereocenters. The molecule has 146 valence electrons. The predicted octanol–water partition coefficient (Wildman–Crippen LogP) is 3.72. The molecule has 2 heterocycles. The van der Waals surface area contributed by atoms with Crippen LogP contribution >= 0.6 is 23.1 Å². The molecule has 1 amide bonds. The summed E-state index contributed by atoms with van der Waals surface area (Å²) in [4.78, 5) is 19.3. The molecule has 3 rings (SSSR count). The van der Waals surface area contributed by atoms with Gasteiger partial charge in [0.2, 0.25) is 5.91 Å². The lowest BCUT2D eigenvalue weighted by Gasteiger charge is -2.33. The summed E-state index contributed by atoms with van der Waals surface area (Å²) in [5.74, 6) is 0.539. The first-order valence-electron chi connectivity index (χ1n) is 9.05. The maximum Gasteiger partial charge on any atom is 0.233 e. The Morgan fingerprint density at radius 3 is 2.74 bits per heavy atom. The van der Waals surface area contributed by atoms with Crippen LogP contribution in [0.3, 0.4) is 0 Å². The Bertz CT molecular complexity index is 881. The number of carbonyl (C=O) groups excluding carboxylic acids is 1. The Labute approximate surface area is 169 Å². The normalized spacial score (nSPS) is 19.7. The van der Waals surface area contributed by atoms with Crippen molar-refractivity contribution in [1.29, 1.82) is 0 Å². The van der Waals surface area contributed by atoms with Crippen LogP contribution in [0.1, 0.15) is 26.7 Å². The zero-order chi connectivity index (χ0) is 19.4. The van der Waals surface area contributed by atoms with E-state index in [9.17, 15) is 13.2 Å². The van der Waals surface area contributed by atoms with Crippen molar-refractivity contribution in [3.05, 3.63) is 35.7 Å². The number of thioether (sulfide) groups is 1. The van der Waals surface area contributed by atoms with Gasteiger partial charge in [0.15, 0.2) is 14.2 Å². The van der Waals surface area contributed by atoms with E-state index >= 15 is 0 Å². The van der Waals surface area contributed by atoms with E-state index in [1.807, 2.05) is 49.6 Å². The van der Waals surface area contributed by atoms with Crippen molar-refractivity contribution in [3.63, 3.8) is 0 Å². The largest absolute Gasteiger partial charge is 0.335 e. The summed E-state index contributed by atoms with van der Waals surface area (Å²) < 4.78 is 24.5. The molecule has 0 bridgehead atoms. The first kappa shape index (κ1) is 20.4. The minimum Gasteiger partial charge on any atom is -0.335 e. The highest BCUT2D eigenvalue weighted by Crippen LogP contribution is 2.29. The van der Waals surface area contributed by atoms with Gasteiger partial charge in [-0.3, -0.25) is 4.79 Å². The van der Waals surface area contributed by atoms with E-state index in [1.54, 1.807) is 4.90 Å². The molecule has 2 aromatic rings. The van der Waals surface area contributed by atoms with E-state index in [1.165, 1.54) is 23.1 Å². The summed E-state index contributed by atoms with van der Waals surface area (Å²) in [5, 5.41) is 2.00. The molecule has 1 saturated heterocycles. The van der Waals surface area contributed by atoms with E-state index < -0.39 is 9.84 Å². The molecule has 0 aliphatic carbocycles. The molecule has 2 atom stereocenters. The Balaban J connectivity index is 1.65. The number of amides is 1. The van der Waals surface area contributed by atoms with Crippen LogP contribution in [0.2, 0.25) is 0 Å². The van der Waals surface area contributed by atoms with Gasteiger partial charge in [0.25, 0.3) is 0 Å². The van der Waals surface area contributed by atoms with Gasteiger partial charge in [-0.25, -0.2) is 13.4 Å². The summed E-state index contributed by atoms with van der Waals surface area (Å²) in [6, 6.07) is 9.79. The number of carbonyl (C=O) groups is 1. The molecule has 1 aliphatic heterocycles. The molecule has 1 aromatic heterocycles. The molecule has 1 aliphatic rings. The van der Waals surface area contributed by atoms with Crippen LogP contribution in [0.5, 0.6) is 0 Å². The van der Waals surface area contributed by atoms with Crippen LogP contribution < -0.4 is 0 Å². The topological polar surface area (TPSA) is 67.3 Å². The monoisotopic (exact) mass is 424 g/mol. The minimum atomic E-state index is -3.02.